The van der Waals surface area contributed by atoms with E-state index in [0.717, 1.165) is 23.8 Å². The van der Waals surface area contributed by atoms with E-state index in [1.165, 1.54) is 27.8 Å². The van der Waals surface area contributed by atoms with Crippen LogP contribution in [0.1, 0.15) is 46.4 Å². The van der Waals surface area contributed by atoms with Crippen LogP contribution in [-0.4, -0.2) is 15.0 Å². The topological polar surface area (TPSA) is 50.7 Å². The maximum absolute atomic E-state index is 4.79. The van der Waals surface area contributed by atoms with Crippen molar-refractivity contribution in [1.29, 1.82) is 0 Å². The highest BCUT2D eigenvalue weighted by Crippen LogP contribution is 2.17. The fourth-order valence-electron chi connectivity index (χ4n) is 3.64. The summed E-state index contributed by atoms with van der Waals surface area (Å²) in [6.07, 6.45) is 2.37. The molecule has 0 aliphatic carbocycles. The summed E-state index contributed by atoms with van der Waals surface area (Å²) in [5.74, 6) is 2.14. The summed E-state index contributed by atoms with van der Waals surface area (Å²) in [6.45, 7) is 6.36. The zero-order valence-corrected chi connectivity index (χ0v) is 18.4. The average molecular weight is 409 g/mol. The van der Waals surface area contributed by atoms with Crippen LogP contribution < -0.4 is 5.32 Å². The third kappa shape index (κ3) is 5.76. The van der Waals surface area contributed by atoms with Gasteiger partial charge in [0.05, 0.1) is 0 Å². The molecule has 156 valence electrons. The zero-order valence-electron chi connectivity index (χ0n) is 18.4. The quantitative estimate of drug-likeness (QED) is 0.409. The van der Waals surface area contributed by atoms with Gasteiger partial charge in [-0.25, -0.2) is 4.98 Å². The monoisotopic (exact) mass is 408 g/mol. The normalized spacial score (nSPS) is 10.8. The van der Waals surface area contributed by atoms with Gasteiger partial charge in [-0.1, -0.05) is 78.7 Å². The first kappa shape index (κ1) is 20.7. The summed E-state index contributed by atoms with van der Waals surface area (Å²) in [6, 6.07) is 25.4. The minimum Gasteiger partial charge on any atom is -0.324 e. The molecule has 0 atom stereocenters. The van der Waals surface area contributed by atoms with Gasteiger partial charge in [-0.2, -0.15) is 9.97 Å². The van der Waals surface area contributed by atoms with Crippen LogP contribution in [-0.2, 0) is 19.3 Å². The van der Waals surface area contributed by atoms with Crippen molar-refractivity contribution in [3.63, 3.8) is 0 Å². The molecule has 0 radical (unpaired) electrons. The molecule has 31 heavy (non-hydrogen) atoms. The van der Waals surface area contributed by atoms with Crippen LogP contribution in [0.5, 0.6) is 0 Å². The molecule has 0 aliphatic heterocycles. The molecule has 0 saturated carbocycles. The second-order valence-electron chi connectivity index (χ2n) is 8.00. The molecule has 0 saturated heterocycles. The van der Waals surface area contributed by atoms with Gasteiger partial charge in [0.2, 0.25) is 5.95 Å². The van der Waals surface area contributed by atoms with Crippen LogP contribution >= 0.6 is 0 Å². The van der Waals surface area contributed by atoms with Gasteiger partial charge in [0.15, 0.2) is 0 Å². The van der Waals surface area contributed by atoms with E-state index in [-0.39, 0.29) is 0 Å². The van der Waals surface area contributed by atoms with Gasteiger partial charge in [-0.15, -0.1) is 0 Å². The van der Waals surface area contributed by atoms with Crippen molar-refractivity contribution >= 4 is 11.6 Å². The Balaban J connectivity index is 1.64. The van der Waals surface area contributed by atoms with Crippen LogP contribution in [0.2, 0.25) is 0 Å². The van der Waals surface area contributed by atoms with Crippen molar-refractivity contribution in [2.75, 3.05) is 5.32 Å². The maximum atomic E-state index is 4.79. The van der Waals surface area contributed by atoms with Gasteiger partial charge < -0.3 is 5.32 Å². The van der Waals surface area contributed by atoms with Crippen molar-refractivity contribution in [3.8, 4) is 0 Å². The molecular formula is C27H28N4. The molecule has 0 aliphatic rings. The molecule has 0 spiro atoms. The highest BCUT2D eigenvalue weighted by Gasteiger charge is 2.10. The third-order valence-electron chi connectivity index (χ3n) is 5.24. The van der Waals surface area contributed by atoms with Gasteiger partial charge >= 0.3 is 0 Å². The first-order chi connectivity index (χ1) is 15.1. The Morgan fingerprint density at radius 3 is 1.68 bits per heavy atom. The first-order valence-corrected chi connectivity index (χ1v) is 10.8. The van der Waals surface area contributed by atoms with Gasteiger partial charge in [-0.3, -0.25) is 0 Å². The van der Waals surface area contributed by atoms with E-state index in [2.05, 4.69) is 98.9 Å². The molecular weight excluding hydrogens is 380 g/mol. The Morgan fingerprint density at radius 1 is 0.645 bits per heavy atom. The standard InChI is InChI=1S/C27H28N4/c1-4-21-11-13-24(14-12-21)28-27-30-25(17-22-9-5-7-19(2)15-22)29-26(31-27)18-23-10-6-8-20(3)16-23/h5-16H,4,17-18H2,1-3H3,(H,28,29,30,31). The lowest BCUT2D eigenvalue weighted by atomic mass is 10.1. The molecule has 1 N–H and O–H groups in total. The largest absolute Gasteiger partial charge is 0.324 e. The number of nitrogens with zero attached hydrogens (tertiary/aromatic N) is 3. The fourth-order valence-corrected chi connectivity index (χ4v) is 3.64. The molecule has 0 unspecified atom stereocenters. The molecule has 1 heterocycles. The molecule has 3 aromatic carbocycles. The lowest BCUT2D eigenvalue weighted by Crippen LogP contribution is -2.09. The summed E-state index contributed by atoms with van der Waals surface area (Å²) in [5, 5.41) is 3.37. The lowest BCUT2D eigenvalue weighted by Gasteiger charge is -2.10. The second kappa shape index (κ2) is 9.52. The van der Waals surface area contributed by atoms with E-state index in [1.807, 2.05) is 0 Å². The number of hydrogen-bond acceptors (Lipinski definition) is 4. The summed E-state index contributed by atoms with van der Waals surface area (Å²) >= 11 is 0. The molecule has 0 amide bonds. The van der Waals surface area contributed by atoms with Crippen molar-refractivity contribution in [1.82, 2.24) is 15.0 Å². The summed E-state index contributed by atoms with van der Waals surface area (Å²) in [4.78, 5) is 14.2. The van der Waals surface area contributed by atoms with E-state index < -0.39 is 0 Å². The number of nitrogens with one attached hydrogen (secondary N) is 1. The molecule has 4 rings (SSSR count). The number of benzene rings is 3. The number of aromatic nitrogens is 3. The van der Waals surface area contributed by atoms with E-state index in [9.17, 15) is 0 Å². The number of rotatable bonds is 7. The molecule has 1 aromatic heterocycles. The number of aryl methyl sites for hydroxylation is 3. The zero-order chi connectivity index (χ0) is 21.6. The van der Waals surface area contributed by atoms with Crippen LogP contribution in [0.15, 0.2) is 72.8 Å². The lowest BCUT2D eigenvalue weighted by molar-refractivity contribution is 0.855. The highest BCUT2D eigenvalue weighted by atomic mass is 15.2. The van der Waals surface area contributed by atoms with Crippen LogP contribution in [0, 0.1) is 13.8 Å². The Hall–Kier alpha value is -3.53. The Bertz CT molecular complexity index is 1100. The SMILES string of the molecule is CCc1ccc(Nc2nc(Cc3cccc(C)c3)nc(Cc3cccc(C)c3)n2)cc1. The smallest absolute Gasteiger partial charge is 0.230 e. The minimum atomic E-state index is 0.588. The Morgan fingerprint density at radius 2 is 1.19 bits per heavy atom. The van der Waals surface area contributed by atoms with E-state index in [1.54, 1.807) is 0 Å². The second-order valence-corrected chi connectivity index (χ2v) is 8.00. The molecule has 4 aromatic rings. The third-order valence-corrected chi connectivity index (χ3v) is 5.24. The van der Waals surface area contributed by atoms with Gasteiger partial charge in [-0.05, 0) is 49.1 Å². The molecule has 4 nitrogen and oxygen atoms in total. The fraction of sp³-hybridized carbons (Fsp3) is 0.222. The maximum Gasteiger partial charge on any atom is 0.230 e. The van der Waals surface area contributed by atoms with Crippen LogP contribution in [0.3, 0.4) is 0 Å². The van der Waals surface area contributed by atoms with E-state index >= 15 is 0 Å². The van der Waals surface area contributed by atoms with Gasteiger partial charge in [0, 0.05) is 18.5 Å². The van der Waals surface area contributed by atoms with Crippen molar-refractivity contribution in [3.05, 3.63) is 112 Å². The minimum absolute atomic E-state index is 0.588. The van der Waals surface area contributed by atoms with Crippen LogP contribution in [0.4, 0.5) is 11.6 Å². The number of hydrogen-bond donors (Lipinski definition) is 1. The molecule has 0 fully saturated rings. The first-order valence-electron chi connectivity index (χ1n) is 10.8. The Kier molecular flexibility index (Phi) is 6.37. The van der Waals surface area contributed by atoms with Crippen molar-refractivity contribution < 1.29 is 0 Å². The average Bonchev–Trinajstić information content (AvgIpc) is 2.74. The summed E-state index contributed by atoms with van der Waals surface area (Å²) in [7, 11) is 0. The number of anilines is 2. The van der Waals surface area contributed by atoms with E-state index in [4.69, 9.17) is 15.0 Å². The Labute approximate surface area is 184 Å². The highest BCUT2D eigenvalue weighted by molar-refractivity contribution is 5.53. The van der Waals surface area contributed by atoms with Crippen molar-refractivity contribution in [2.45, 2.75) is 40.0 Å². The predicted molar refractivity (Wildman–Crippen MR) is 127 cm³/mol. The summed E-state index contributed by atoms with van der Waals surface area (Å²) < 4.78 is 0. The van der Waals surface area contributed by atoms with E-state index in [0.29, 0.717) is 18.8 Å². The van der Waals surface area contributed by atoms with Gasteiger partial charge in [0.25, 0.3) is 0 Å². The van der Waals surface area contributed by atoms with Crippen molar-refractivity contribution in [2.24, 2.45) is 0 Å². The van der Waals surface area contributed by atoms with Crippen LogP contribution in [0.25, 0.3) is 0 Å². The summed E-state index contributed by atoms with van der Waals surface area (Å²) in [5.41, 5.74) is 7.16. The molecule has 0 bridgehead atoms. The van der Waals surface area contributed by atoms with Gasteiger partial charge in [0.1, 0.15) is 11.6 Å². The predicted octanol–water partition coefficient (Wildman–Crippen LogP) is 5.98. The molecule has 4 heteroatoms.